The predicted octanol–water partition coefficient (Wildman–Crippen LogP) is -1.67. The van der Waals surface area contributed by atoms with Gasteiger partial charge in [0.05, 0.1) is 46.3 Å². The minimum Gasteiger partial charge on any atom is -0.335 e. The highest BCUT2D eigenvalue weighted by Gasteiger charge is 2.29. The van der Waals surface area contributed by atoms with Crippen molar-refractivity contribution in [1.82, 2.24) is 0 Å². The second-order valence-corrected chi connectivity index (χ2v) is 7.23. The molecule has 1 aromatic carbocycles. The number of likely N-dealkylation sites (N-methyl/N-ethyl adjacent to an activating group) is 2. The summed E-state index contributed by atoms with van der Waals surface area (Å²) in [6.45, 7) is 10.3. The Morgan fingerprint density at radius 1 is 1.05 bits per heavy atom. The maximum atomic E-state index is 2.36. The Balaban J connectivity index is 1.70. The fourth-order valence-electron chi connectivity index (χ4n) is 3.73. The molecule has 1 unspecified atom stereocenters. The lowest BCUT2D eigenvalue weighted by Gasteiger charge is -2.34. The Morgan fingerprint density at radius 2 is 1.73 bits per heavy atom. The quantitative estimate of drug-likeness (QED) is 0.508. The fraction of sp³-hybridized carbons (Fsp3) is 0.684. The summed E-state index contributed by atoms with van der Waals surface area (Å²) in [7, 11) is 4.53. The summed E-state index contributed by atoms with van der Waals surface area (Å²) in [5, 5.41) is 0. The average Bonchev–Trinajstić information content (AvgIpc) is 2.55. The van der Waals surface area contributed by atoms with Crippen LogP contribution in [0.3, 0.4) is 0 Å². The molecule has 3 heteroatoms. The summed E-state index contributed by atoms with van der Waals surface area (Å²) >= 11 is 0. The summed E-state index contributed by atoms with van der Waals surface area (Å²) < 4.78 is 0. The van der Waals surface area contributed by atoms with E-state index in [1.165, 1.54) is 64.1 Å². The standard InChI is InChI=1S/C19H33N3/c1-4-22(17-16-20(2)3)19-11-14-21(15-12-19)13-10-18-8-6-5-7-9-18/h5-9,19H,4,10-17H2,1-3H3/p+3. The second-order valence-electron chi connectivity index (χ2n) is 7.23. The van der Waals surface area contributed by atoms with E-state index in [2.05, 4.69) is 51.4 Å². The zero-order valence-corrected chi connectivity index (χ0v) is 14.8. The van der Waals surface area contributed by atoms with Crippen LogP contribution in [0.1, 0.15) is 25.3 Å². The lowest BCUT2D eigenvalue weighted by Crippen LogP contribution is -3.23. The first kappa shape index (κ1) is 17.5. The largest absolute Gasteiger partial charge is 0.335 e. The minimum atomic E-state index is 0.907. The molecule has 1 aliphatic heterocycles. The van der Waals surface area contributed by atoms with Crippen LogP contribution in [0.2, 0.25) is 0 Å². The van der Waals surface area contributed by atoms with Gasteiger partial charge in [-0.05, 0) is 12.5 Å². The average molecular weight is 307 g/mol. The fourth-order valence-corrected chi connectivity index (χ4v) is 3.73. The van der Waals surface area contributed by atoms with Gasteiger partial charge in [-0.3, -0.25) is 0 Å². The third-order valence-electron chi connectivity index (χ3n) is 5.28. The summed E-state index contributed by atoms with van der Waals surface area (Å²) in [5.74, 6) is 0. The van der Waals surface area contributed by atoms with Gasteiger partial charge in [0.15, 0.2) is 0 Å². The highest BCUT2D eigenvalue weighted by Crippen LogP contribution is 1.99. The van der Waals surface area contributed by atoms with Gasteiger partial charge in [-0.25, -0.2) is 0 Å². The molecule has 1 aliphatic rings. The molecule has 2 rings (SSSR count). The molecule has 1 saturated heterocycles. The van der Waals surface area contributed by atoms with Crippen LogP contribution in [0, 0.1) is 0 Å². The third-order valence-corrected chi connectivity index (χ3v) is 5.28. The monoisotopic (exact) mass is 306 g/mol. The van der Waals surface area contributed by atoms with Crippen molar-refractivity contribution in [2.75, 3.05) is 53.4 Å². The van der Waals surface area contributed by atoms with E-state index in [1.54, 1.807) is 4.90 Å². The summed E-state index contributed by atoms with van der Waals surface area (Å²) in [4.78, 5) is 5.23. The molecule has 1 fully saturated rings. The van der Waals surface area contributed by atoms with Crippen molar-refractivity contribution in [1.29, 1.82) is 0 Å². The van der Waals surface area contributed by atoms with E-state index in [1.807, 2.05) is 9.80 Å². The summed E-state index contributed by atoms with van der Waals surface area (Å²) in [6, 6.07) is 11.9. The predicted molar refractivity (Wildman–Crippen MR) is 92.8 cm³/mol. The van der Waals surface area contributed by atoms with Gasteiger partial charge in [-0.15, -0.1) is 0 Å². The van der Waals surface area contributed by atoms with Crippen LogP contribution in [0.15, 0.2) is 30.3 Å². The van der Waals surface area contributed by atoms with Crippen molar-refractivity contribution in [2.24, 2.45) is 0 Å². The zero-order chi connectivity index (χ0) is 15.8. The van der Waals surface area contributed by atoms with Crippen molar-refractivity contribution in [3.05, 3.63) is 35.9 Å². The van der Waals surface area contributed by atoms with E-state index in [-0.39, 0.29) is 0 Å². The third kappa shape index (κ3) is 5.71. The number of piperidine rings is 1. The SMILES string of the molecule is CC[NH+](CC[NH+](C)C)C1CC[NH+](CCc2ccccc2)CC1. The smallest absolute Gasteiger partial charge is 0.127 e. The van der Waals surface area contributed by atoms with Crippen LogP contribution < -0.4 is 14.7 Å². The van der Waals surface area contributed by atoms with Crippen LogP contribution in [-0.2, 0) is 6.42 Å². The molecule has 0 bridgehead atoms. The van der Waals surface area contributed by atoms with E-state index < -0.39 is 0 Å². The Morgan fingerprint density at radius 3 is 2.32 bits per heavy atom. The van der Waals surface area contributed by atoms with Crippen molar-refractivity contribution in [2.45, 2.75) is 32.2 Å². The Bertz CT molecular complexity index is 396. The van der Waals surface area contributed by atoms with Crippen LogP contribution in [-0.4, -0.2) is 59.4 Å². The number of hydrogen-bond donors (Lipinski definition) is 3. The van der Waals surface area contributed by atoms with Gasteiger partial charge in [-0.2, -0.15) is 0 Å². The molecule has 0 saturated carbocycles. The van der Waals surface area contributed by atoms with Crippen molar-refractivity contribution in [3.63, 3.8) is 0 Å². The van der Waals surface area contributed by atoms with E-state index in [0.29, 0.717) is 0 Å². The molecule has 1 heterocycles. The van der Waals surface area contributed by atoms with Crippen molar-refractivity contribution < 1.29 is 14.7 Å². The van der Waals surface area contributed by atoms with Crippen molar-refractivity contribution >= 4 is 0 Å². The van der Waals surface area contributed by atoms with Gasteiger partial charge < -0.3 is 14.7 Å². The Labute approximate surface area is 136 Å². The van der Waals surface area contributed by atoms with Gasteiger partial charge in [0.2, 0.25) is 0 Å². The molecule has 124 valence electrons. The van der Waals surface area contributed by atoms with E-state index in [4.69, 9.17) is 0 Å². The number of benzene rings is 1. The van der Waals surface area contributed by atoms with Gasteiger partial charge in [0.1, 0.15) is 13.1 Å². The molecule has 0 aliphatic carbocycles. The molecule has 3 nitrogen and oxygen atoms in total. The Kier molecular flexibility index (Phi) is 7.37. The van der Waals surface area contributed by atoms with Gasteiger partial charge in [-0.1, -0.05) is 30.3 Å². The second kappa shape index (κ2) is 9.29. The summed E-state index contributed by atoms with van der Waals surface area (Å²) in [5.41, 5.74) is 1.49. The molecule has 1 atom stereocenters. The number of likely N-dealkylation sites (tertiary alicyclic amines) is 1. The molecule has 3 N–H and O–H groups in total. The molecular weight excluding hydrogens is 270 g/mol. The molecule has 0 spiro atoms. The van der Waals surface area contributed by atoms with Crippen LogP contribution in [0.4, 0.5) is 0 Å². The first-order chi connectivity index (χ1) is 10.7. The maximum absolute atomic E-state index is 2.36. The lowest BCUT2D eigenvalue weighted by atomic mass is 10.0. The molecular formula is C19H36N3+3. The lowest BCUT2D eigenvalue weighted by molar-refractivity contribution is -0.975. The van der Waals surface area contributed by atoms with Gasteiger partial charge in [0.25, 0.3) is 0 Å². The number of quaternary nitrogens is 3. The van der Waals surface area contributed by atoms with E-state index >= 15 is 0 Å². The molecule has 0 radical (unpaired) electrons. The first-order valence-electron chi connectivity index (χ1n) is 9.20. The maximum Gasteiger partial charge on any atom is 0.127 e. The minimum absolute atomic E-state index is 0.907. The van der Waals surface area contributed by atoms with Gasteiger partial charge >= 0.3 is 0 Å². The topological polar surface area (TPSA) is 13.3 Å². The molecule has 1 aromatic rings. The molecule has 0 aromatic heterocycles. The highest BCUT2D eigenvalue weighted by atomic mass is 15.2. The van der Waals surface area contributed by atoms with Crippen LogP contribution in [0.25, 0.3) is 0 Å². The van der Waals surface area contributed by atoms with Crippen molar-refractivity contribution in [3.8, 4) is 0 Å². The van der Waals surface area contributed by atoms with E-state index in [9.17, 15) is 0 Å². The number of nitrogens with one attached hydrogen (secondary N) is 3. The highest BCUT2D eigenvalue weighted by molar-refractivity contribution is 5.14. The molecule has 0 amide bonds. The number of hydrogen-bond acceptors (Lipinski definition) is 0. The van der Waals surface area contributed by atoms with E-state index in [0.717, 1.165) is 6.04 Å². The Hall–Kier alpha value is -0.900. The zero-order valence-electron chi connectivity index (χ0n) is 14.8. The molecule has 22 heavy (non-hydrogen) atoms. The normalized spacial score (nSPS) is 23.6. The first-order valence-corrected chi connectivity index (χ1v) is 9.20. The van der Waals surface area contributed by atoms with Gasteiger partial charge in [0, 0.05) is 19.3 Å². The van der Waals surface area contributed by atoms with Crippen LogP contribution >= 0.6 is 0 Å². The number of rotatable bonds is 8. The summed E-state index contributed by atoms with van der Waals surface area (Å²) in [6.07, 6.45) is 4.06. The van der Waals surface area contributed by atoms with Crippen LogP contribution in [0.5, 0.6) is 0 Å².